The summed E-state index contributed by atoms with van der Waals surface area (Å²) in [6.45, 7) is 2.08. The van der Waals surface area contributed by atoms with Crippen molar-refractivity contribution >= 4 is 5.82 Å². The summed E-state index contributed by atoms with van der Waals surface area (Å²) in [7, 11) is 0. The molecule has 5 rings (SSSR count). The number of anilines is 1. The summed E-state index contributed by atoms with van der Waals surface area (Å²) in [6.07, 6.45) is 9.35. The molecule has 0 bridgehead atoms. The lowest BCUT2D eigenvalue weighted by atomic mass is 9.93. The van der Waals surface area contributed by atoms with Crippen LogP contribution in [0.2, 0.25) is 0 Å². The van der Waals surface area contributed by atoms with E-state index in [4.69, 9.17) is 0 Å². The van der Waals surface area contributed by atoms with E-state index in [-0.39, 0.29) is 30.0 Å². The number of phenols is 1. The van der Waals surface area contributed by atoms with Gasteiger partial charge in [0.15, 0.2) is 11.6 Å². The number of nitrogens with one attached hydrogen (secondary N) is 1. The molecule has 0 saturated heterocycles. The van der Waals surface area contributed by atoms with Crippen LogP contribution in [-0.2, 0) is 0 Å². The molecule has 2 aliphatic rings. The molecule has 0 spiro atoms. The van der Waals surface area contributed by atoms with Crippen LogP contribution in [0.25, 0.3) is 22.5 Å². The minimum atomic E-state index is -2.77. The van der Waals surface area contributed by atoms with E-state index in [1.807, 2.05) is 6.07 Å². The SMILES string of the molecule is CC[C@@H]1CCCC(F)(F)[C@H](N(c2cnc(-c3ccc(-c4cn[nH]c4)cc3O)nn2)C2CC2)C1. The topological polar surface area (TPSA) is 90.8 Å². The first kappa shape index (κ1) is 21.7. The fraction of sp³-hybridized carbons (Fsp3) is 0.500. The van der Waals surface area contributed by atoms with Crippen molar-refractivity contribution in [3.8, 4) is 28.3 Å². The Bertz CT molecular complexity index is 1080. The highest BCUT2D eigenvalue weighted by atomic mass is 19.3. The molecule has 3 aromatic rings. The summed E-state index contributed by atoms with van der Waals surface area (Å²) in [6, 6.07) is 4.34. The van der Waals surface area contributed by atoms with Crippen molar-refractivity contribution in [2.24, 2.45) is 5.92 Å². The van der Waals surface area contributed by atoms with Crippen molar-refractivity contribution in [3.05, 3.63) is 36.8 Å². The summed E-state index contributed by atoms with van der Waals surface area (Å²) < 4.78 is 30.3. The van der Waals surface area contributed by atoms with Gasteiger partial charge in [-0.25, -0.2) is 13.8 Å². The number of phenolic OH excluding ortho intramolecular Hbond substituents is 1. The monoisotopic (exact) mass is 454 g/mol. The van der Waals surface area contributed by atoms with E-state index in [1.54, 1.807) is 29.4 Å². The van der Waals surface area contributed by atoms with E-state index in [0.717, 1.165) is 36.8 Å². The summed E-state index contributed by atoms with van der Waals surface area (Å²) in [5, 5.41) is 25.7. The second kappa shape index (κ2) is 8.68. The molecule has 0 aliphatic heterocycles. The summed E-state index contributed by atoms with van der Waals surface area (Å²) in [5.41, 5.74) is 2.08. The van der Waals surface area contributed by atoms with Gasteiger partial charge in [0, 0.05) is 24.2 Å². The minimum Gasteiger partial charge on any atom is -0.507 e. The maximum atomic E-state index is 15.2. The van der Waals surface area contributed by atoms with Crippen LogP contribution in [0.1, 0.15) is 51.9 Å². The van der Waals surface area contributed by atoms with Crippen LogP contribution < -0.4 is 4.90 Å². The van der Waals surface area contributed by atoms with Crippen molar-refractivity contribution in [2.75, 3.05) is 4.90 Å². The van der Waals surface area contributed by atoms with Crippen molar-refractivity contribution in [3.63, 3.8) is 0 Å². The fourth-order valence-corrected chi connectivity index (χ4v) is 4.86. The van der Waals surface area contributed by atoms with Crippen LogP contribution in [0.3, 0.4) is 0 Å². The third kappa shape index (κ3) is 4.41. The molecule has 7 nitrogen and oxygen atoms in total. The van der Waals surface area contributed by atoms with E-state index < -0.39 is 12.0 Å². The van der Waals surface area contributed by atoms with Crippen LogP contribution in [0, 0.1) is 5.92 Å². The second-order valence-electron chi connectivity index (χ2n) is 9.18. The number of aromatic nitrogens is 5. The Morgan fingerprint density at radius 2 is 2.00 bits per heavy atom. The fourth-order valence-electron chi connectivity index (χ4n) is 4.86. The van der Waals surface area contributed by atoms with Crippen molar-refractivity contribution in [1.29, 1.82) is 0 Å². The second-order valence-corrected chi connectivity index (χ2v) is 9.18. The molecule has 2 heterocycles. The van der Waals surface area contributed by atoms with Gasteiger partial charge in [-0.15, -0.1) is 10.2 Å². The summed E-state index contributed by atoms with van der Waals surface area (Å²) in [5.74, 6) is -1.82. The minimum absolute atomic E-state index is 0.0170. The average Bonchev–Trinajstić information content (AvgIpc) is 3.52. The number of alkyl halides is 2. The standard InChI is InChI=1S/C24H28F2N6O/c1-2-15-4-3-9-24(25,26)21(10-15)32(18-6-7-18)22-14-27-23(31-30-22)19-8-5-16(11-20(19)33)17-12-28-29-13-17/h5,8,11-15,18,21,33H,2-4,6-7,9-10H2,1H3,(H,28,29)/t15-,21-/m1/s1. The zero-order valence-electron chi connectivity index (χ0n) is 18.6. The summed E-state index contributed by atoms with van der Waals surface area (Å²) >= 11 is 0. The van der Waals surface area contributed by atoms with Gasteiger partial charge in [-0.1, -0.05) is 25.8 Å². The molecular formula is C24H28F2N6O. The largest absolute Gasteiger partial charge is 0.507 e. The molecule has 0 amide bonds. The molecule has 174 valence electrons. The number of hydrogen-bond donors (Lipinski definition) is 2. The van der Waals surface area contributed by atoms with Gasteiger partial charge < -0.3 is 10.0 Å². The highest BCUT2D eigenvalue weighted by Crippen LogP contribution is 2.44. The van der Waals surface area contributed by atoms with E-state index >= 15 is 8.78 Å². The predicted molar refractivity (Wildman–Crippen MR) is 121 cm³/mol. The Morgan fingerprint density at radius 3 is 2.64 bits per heavy atom. The van der Waals surface area contributed by atoms with E-state index in [0.29, 0.717) is 24.2 Å². The van der Waals surface area contributed by atoms with E-state index in [9.17, 15) is 5.11 Å². The predicted octanol–water partition coefficient (Wildman–Crippen LogP) is 5.21. The van der Waals surface area contributed by atoms with Crippen molar-refractivity contribution < 1.29 is 13.9 Å². The van der Waals surface area contributed by atoms with Crippen LogP contribution in [0.15, 0.2) is 36.8 Å². The van der Waals surface area contributed by atoms with Crippen molar-refractivity contribution in [1.82, 2.24) is 25.4 Å². The van der Waals surface area contributed by atoms with E-state index in [2.05, 4.69) is 32.3 Å². The van der Waals surface area contributed by atoms with Gasteiger partial charge in [0.2, 0.25) is 0 Å². The van der Waals surface area contributed by atoms with Crippen LogP contribution >= 0.6 is 0 Å². The first-order chi connectivity index (χ1) is 16.0. The quantitative estimate of drug-likeness (QED) is 0.497. The highest BCUT2D eigenvalue weighted by Gasteiger charge is 2.49. The van der Waals surface area contributed by atoms with Gasteiger partial charge in [0.1, 0.15) is 5.75 Å². The molecule has 2 saturated carbocycles. The molecule has 33 heavy (non-hydrogen) atoms. The lowest BCUT2D eigenvalue weighted by Gasteiger charge is -2.37. The molecular weight excluding hydrogens is 426 g/mol. The number of benzene rings is 1. The van der Waals surface area contributed by atoms with Gasteiger partial charge in [-0.3, -0.25) is 5.10 Å². The van der Waals surface area contributed by atoms with Gasteiger partial charge in [0.05, 0.1) is 24.0 Å². The normalized spacial score (nSPS) is 22.6. The summed E-state index contributed by atoms with van der Waals surface area (Å²) in [4.78, 5) is 6.18. The third-order valence-electron chi connectivity index (χ3n) is 6.90. The molecule has 1 aromatic carbocycles. The Hall–Kier alpha value is -3.10. The molecule has 2 aliphatic carbocycles. The van der Waals surface area contributed by atoms with E-state index in [1.165, 1.54) is 6.20 Å². The molecule has 9 heteroatoms. The molecule has 0 unspecified atom stereocenters. The number of H-pyrrole nitrogens is 1. The number of nitrogens with zero attached hydrogens (tertiary/aromatic N) is 5. The number of aromatic amines is 1. The molecule has 2 atom stereocenters. The molecule has 0 radical (unpaired) electrons. The smallest absolute Gasteiger partial charge is 0.268 e. The maximum Gasteiger partial charge on any atom is 0.268 e. The molecule has 2 aromatic heterocycles. The zero-order valence-corrected chi connectivity index (χ0v) is 18.6. The average molecular weight is 455 g/mol. The first-order valence-corrected chi connectivity index (χ1v) is 11.6. The lowest BCUT2D eigenvalue weighted by molar-refractivity contribution is -0.0355. The Balaban J connectivity index is 1.43. The van der Waals surface area contributed by atoms with Gasteiger partial charge in [0.25, 0.3) is 5.92 Å². The van der Waals surface area contributed by atoms with Crippen LogP contribution in [0.5, 0.6) is 5.75 Å². The maximum absolute atomic E-state index is 15.2. The van der Waals surface area contributed by atoms with Gasteiger partial charge in [-0.2, -0.15) is 5.10 Å². The number of rotatable bonds is 6. The van der Waals surface area contributed by atoms with Crippen LogP contribution in [0.4, 0.5) is 14.6 Å². The van der Waals surface area contributed by atoms with Crippen LogP contribution in [-0.4, -0.2) is 48.5 Å². The highest BCUT2D eigenvalue weighted by molar-refractivity contribution is 5.72. The Labute approximate surface area is 191 Å². The molecule has 2 N–H and O–H groups in total. The first-order valence-electron chi connectivity index (χ1n) is 11.6. The molecule has 2 fully saturated rings. The van der Waals surface area contributed by atoms with Gasteiger partial charge in [-0.05, 0) is 49.3 Å². The Kier molecular flexibility index (Phi) is 5.72. The zero-order chi connectivity index (χ0) is 23.0. The number of hydrogen-bond acceptors (Lipinski definition) is 6. The third-order valence-corrected chi connectivity index (χ3v) is 6.90. The Morgan fingerprint density at radius 1 is 1.15 bits per heavy atom. The number of aromatic hydroxyl groups is 1. The number of halogens is 2. The van der Waals surface area contributed by atoms with Gasteiger partial charge >= 0.3 is 0 Å². The lowest BCUT2D eigenvalue weighted by Crippen LogP contribution is -2.50. The van der Waals surface area contributed by atoms with Crippen molar-refractivity contribution in [2.45, 2.75) is 69.9 Å².